The first-order chi connectivity index (χ1) is 17.8. The zero-order valence-electron chi connectivity index (χ0n) is 20.9. The number of nitrogens with zero attached hydrogens (tertiary/aromatic N) is 1. The van der Waals surface area contributed by atoms with Crippen molar-refractivity contribution in [1.82, 2.24) is 4.90 Å². The second-order valence-electron chi connectivity index (χ2n) is 8.90. The molecule has 0 spiro atoms. The smallest absolute Gasteiger partial charge is 0.261 e. The Morgan fingerprint density at radius 2 is 1.35 bits per heavy atom. The van der Waals surface area contributed by atoms with Crippen LogP contribution in [0.2, 0.25) is 0 Å². The zero-order valence-corrected chi connectivity index (χ0v) is 21.7. The standard InChI is InChI=1S/C30H30N2O4S/c1-23-13-14-24(2)29(19-23)31-37(34,35)28-17-15-27(16-18-28)36-22-30(33)32(20-25-9-5-3-6-10-25)21-26-11-7-4-8-12-26/h3-19,31H,20-22H2,1-2H3. The van der Waals surface area contributed by atoms with Crippen molar-refractivity contribution in [3.63, 3.8) is 0 Å². The van der Waals surface area contributed by atoms with Gasteiger partial charge in [-0.15, -0.1) is 0 Å². The van der Waals surface area contributed by atoms with E-state index in [0.717, 1.165) is 22.3 Å². The Hall–Kier alpha value is -4.10. The first-order valence-corrected chi connectivity index (χ1v) is 13.5. The van der Waals surface area contributed by atoms with Gasteiger partial charge in [0.05, 0.1) is 10.6 Å². The lowest BCUT2D eigenvalue weighted by Gasteiger charge is -2.23. The number of hydrogen-bond acceptors (Lipinski definition) is 4. The summed E-state index contributed by atoms with van der Waals surface area (Å²) >= 11 is 0. The van der Waals surface area contributed by atoms with E-state index in [2.05, 4.69) is 4.72 Å². The van der Waals surface area contributed by atoms with Crippen LogP contribution in [0.5, 0.6) is 5.75 Å². The highest BCUT2D eigenvalue weighted by molar-refractivity contribution is 7.92. The molecule has 190 valence electrons. The van der Waals surface area contributed by atoms with Crippen molar-refractivity contribution in [3.05, 3.63) is 125 Å². The van der Waals surface area contributed by atoms with E-state index < -0.39 is 10.0 Å². The quantitative estimate of drug-likeness (QED) is 0.294. The number of hydrogen-bond donors (Lipinski definition) is 1. The number of rotatable bonds is 10. The van der Waals surface area contributed by atoms with Crippen LogP contribution in [0.1, 0.15) is 22.3 Å². The molecule has 1 amide bonds. The van der Waals surface area contributed by atoms with Crippen molar-refractivity contribution >= 4 is 21.6 Å². The third-order valence-electron chi connectivity index (χ3n) is 5.92. The fourth-order valence-electron chi connectivity index (χ4n) is 3.84. The molecule has 0 radical (unpaired) electrons. The molecule has 6 nitrogen and oxygen atoms in total. The number of amides is 1. The maximum atomic E-state index is 13.1. The van der Waals surface area contributed by atoms with Crippen molar-refractivity contribution in [2.24, 2.45) is 0 Å². The number of aryl methyl sites for hydroxylation is 2. The molecule has 4 aromatic carbocycles. The van der Waals surface area contributed by atoms with Gasteiger partial charge >= 0.3 is 0 Å². The SMILES string of the molecule is Cc1ccc(C)c(NS(=O)(=O)c2ccc(OCC(=O)N(Cc3ccccc3)Cc3ccccc3)cc2)c1. The molecule has 37 heavy (non-hydrogen) atoms. The summed E-state index contributed by atoms with van der Waals surface area (Å²) in [6.07, 6.45) is 0. The molecule has 0 saturated heterocycles. The second-order valence-corrected chi connectivity index (χ2v) is 10.6. The normalized spacial score (nSPS) is 11.1. The molecule has 0 atom stereocenters. The van der Waals surface area contributed by atoms with E-state index in [4.69, 9.17) is 4.74 Å². The highest BCUT2D eigenvalue weighted by Crippen LogP contribution is 2.23. The fourth-order valence-corrected chi connectivity index (χ4v) is 4.96. The second kappa shape index (κ2) is 11.8. The van der Waals surface area contributed by atoms with Crippen LogP contribution >= 0.6 is 0 Å². The van der Waals surface area contributed by atoms with Gasteiger partial charge in [-0.25, -0.2) is 8.42 Å². The largest absolute Gasteiger partial charge is 0.484 e. The van der Waals surface area contributed by atoms with Gasteiger partial charge in [-0.1, -0.05) is 72.8 Å². The summed E-state index contributed by atoms with van der Waals surface area (Å²) in [5, 5.41) is 0. The van der Waals surface area contributed by atoms with Crippen LogP contribution in [-0.2, 0) is 27.9 Å². The number of carbonyl (C=O) groups excluding carboxylic acids is 1. The first kappa shape index (κ1) is 26.0. The summed E-state index contributed by atoms with van der Waals surface area (Å²) in [5.74, 6) is 0.249. The Kier molecular flexibility index (Phi) is 8.25. The Morgan fingerprint density at radius 3 is 1.92 bits per heavy atom. The topological polar surface area (TPSA) is 75.7 Å². The molecule has 0 aliphatic carbocycles. The van der Waals surface area contributed by atoms with E-state index in [1.54, 1.807) is 23.1 Å². The molecular formula is C30H30N2O4S. The van der Waals surface area contributed by atoms with Crippen LogP contribution in [0.15, 0.2) is 108 Å². The zero-order chi connectivity index (χ0) is 26.3. The van der Waals surface area contributed by atoms with Gasteiger partial charge in [0.1, 0.15) is 5.75 Å². The molecule has 0 unspecified atom stereocenters. The minimum Gasteiger partial charge on any atom is -0.484 e. The first-order valence-electron chi connectivity index (χ1n) is 12.0. The molecular weight excluding hydrogens is 484 g/mol. The molecule has 0 saturated carbocycles. The van der Waals surface area contributed by atoms with E-state index in [-0.39, 0.29) is 17.4 Å². The van der Waals surface area contributed by atoms with Gasteiger partial charge in [0, 0.05) is 13.1 Å². The van der Waals surface area contributed by atoms with E-state index in [0.29, 0.717) is 24.5 Å². The van der Waals surface area contributed by atoms with Crippen molar-refractivity contribution < 1.29 is 17.9 Å². The minimum absolute atomic E-state index is 0.113. The van der Waals surface area contributed by atoms with Crippen LogP contribution in [0, 0.1) is 13.8 Å². The van der Waals surface area contributed by atoms with Gasteiger partial charge < -0.3 is 9.64 Å². The predicted octanol–water partition coefficient (Wildman–Crippen LogP) is 5.71. The highest BCUT2D eigenvalue weighted by Gasteiger charge is 2.18. The van der Waals surface area contributed by atoms with Crippen molar-refractivity contribution in [1.29, 1.82) is 0 Å². The molecule has 0 bridgehead atoms. The third-order valence-corrected chi connectivity index (χ3v) is 7.30. The monoisotopic (exact) mass is 514 g/mol. The molecule has 4 rings (SSSR count). The number of ether oxygens (including phenoxy) is 1. The van der Waals surface area contributed by atoms with E-state index in [1.165, 1.54) is 12.1 Å². The Balaban J connectivity index is 1.41. The van der Waals surface area contributed by atoms with E-state index in [9.17, 15) is 13.2 Å². The van der Waals surface area contributed by atoms with Crippen LogP contribution in [0.3, 0.4) is 0 Å². The van der Waals surface area contributed by atoms with Gasteiger partial charge in [0.2, 0.25) is 0 Å². The van der Waals surface area contributed by atoms with Crippen LogP contribution in [0.25, 0.3) is 0 Å². The maximum Gasteiger partial charge on any atom is 0.261 e. The summed E-state index contributed by atoms with van der Waals surface area (Å²) in [4.78, 5) is 15.0. The molecule has 7 heteroatoms. The minimum atomic E-state index is -3.76. The average molecular weight is 515 g/mol. The number of nitrogens with one attached hydrogen (secondary N) is 1. The van der Waals surface area contributed by atoms with Gasteiger partial charge in [-0.2, -0.15) is 0 Å². The summed E-state index contributed by atoms with van der Waals surface area (Å²) < 4.78 is 34.1. The van der Waals surface area contributed by atoms with Crippen molar-refractivity contribution in [2.45, 2.75) is 31.8 Å². The summed E-state index contributed by atoms with van der Waals surface area (Å²) in [7, 11) is -3.76. The average Bonchev–Trinajstić information content (AvgIpc) is 2.90. The molecule has 0 heterocycles. The molecule has 1 N–H and O–H groups in total. The summed E-state index contributed by atoms with van der Waals surface area (Å²) in [6.45, 7) is 4.51. The molecule has 0 aliphatic rings. The maximum absolute atomic E-state index is 13.1. The molecule has 4 aromatic rings. The number of anilines is 1. The Morgan fingerprint density at radius 1 is 0.784 bits per heavy atom. The van der Waals surface area contributed by atoms with Crippen LogP contribution < -0.4 is 9.46 Å². The highest BCUT2D eigenvalue weighted by atomic mass is 32.2. The van der Waals surface area contributed by atoms with Gasteiger partial charge in [-0.3, -0.25) is 9.52 Å². The Labute approximate surface area is 218 Å². The number of sulfonamides is 1. The summed E-state index contributed by atoms with van der Waals surface area (Å²) in [6, 6.07) is 31.3. The number of benzene rings is 4. The van der Waals surface area contributed by atoms with Gasteiger partial charge in [0.25, 0.3) is 15.9 Å². The lowest BCUT2D eigenvalue weighted by Crippen LogP contribution is -2.34. The lowest BCUT2D eigenvalue weighted by molar-refractivity contribution is -0.134. The molecule has 0 aliphatic heterocycles. The van der Waals surface area contributed by atoms with E-state index >= 15 is 0 Å². The van der Waals surface area contributed by atoms with E-state index in [1.807, 2.05) is 86.6 Å². The fraction of sp³-hybridized carbons (Fsp3) is 0.167. The third kappa shape index (κ3) is 7.21. The summed E-state index contributed by atoms with van der Waals surface area (Å²) in [5.41, 5.74) is 4.40. The van der Waals surface area contributed by atoms with Crippen LogP contribution in [-0.4, -0.2) is 25.8 Å². The lowest BCUT2D eigenvalue weighted by atomic mass is 10.1. The van der Waals surface area contributed by atoms with Crippen molar-refractivity contribution in [3.8, 4) is 5.75 Å². The molecule has 0 aromatic heterocycles. The van der Waals surface area contributed by atoms with Gasteiger partial charge in [-0.05, 0) is 66.4 Å². The van der Waals surface area contributed by atoms with Gasteiger partial charge in [0.15, 0.2) is 6.61 Å². The van der Waals surface area contributed by atoms with Crippen LogP contribution in [0.4, 0.5) is 5.69 Å². The van der Waals surface area contributed by atoms with Crippen molar-refractivity contribution in [2.75, 3.05) is 11.3 Å². The molecule has 0 fully saturated rings. The predicted molar refractivity (Wildman–Crippen MR) is 146 cm³/mol. The Bertz CT molecular complexity index is 1400. The number of carbonyl (C=O) groups is 1.